The van der Waals surface area contributed by atoms with E-state index in [0.29, 0.717) is 12.3 Å². The summed E-state index contributed by atoms with van der Waals surface area (Å²) in [5, 5.41) is 1.33. The number of aryl methyl sites for hydroxylation is 2. The molecule has 3 heterocycles. The molecule has 5 heteroatoms. The first kappa shape index (κ1) is 24.5. The zero-order chi connectivity index (χ0) is 24.6. The largest absolute Gasteiger partial charge is 0.454 e. The van der Waals surface area contributed by atoms with Crippen LogP contribution >= 0.6 is 0 Å². The Morgan fingerprint density at radius 3 is 2.68 bits per heavy atom. The van der Waals surface area contributed by atoms with Gasteiger partial charge in [-0.1, -0.05) is 38.5 Å². The fraction of sp³-hybridized carbons (Fsp3) is 0.517. The minimum absolute atomic E-state index is 0.142. The summed E-state index contributed by atoms with van der Waals surface area (Å²) in [5.74, 6) is 0.152. The lowest BCUT2D eigenvalue weighted by Crippen LogP contribution is -2.34. The first-order valence-electron chi connectivity index (χ1n) is 12.5. The van der Waals surface area contributed by atoms with Gasteiger partial charge in [0.2, 0.25) is 0 Å². The van der Waals surface area contributed by atoms with Crippen LogP contribution in [0.25, 0.3) is 10.9 Å². The Bertz CT molecular complexity index is 1180. The van der Waals surface area contributed by atoms with Crippen LogP contribution in [-0.2, 0) is 41.6 Å². The number of benzene rings is 1. The molecular weight excluding hydrogens is 422 g/mol. The second-order valence-electron chi connectivity index (χ2n) is 10.9. The third-order valence-electron chi connectivity index (χ3n) is 7.26. The zero-order valence-corrected chi connectivity index (χ0v) is 21.8. The number of carbonyl (C=O) groups excluding carboxylic acids is 1. The Balaban J connectivity index is 1.79. The molecule has 0 spiro atoms. The van der Waals surface area contributed by atoms with Gasteiger partial charge in [-0.2, -0.15) is 0 Å². The molecule has 0 amide bonds. The summed E-state index contributed by atoms with van der Waals surface area (Å²) >= 11 is 0. The maximum atomic E-state index is 13.2. The van der Waals surface area contributed by atoms with Gasteiger partial charge in [0.1, 0.15) is 5.60 Å². The Hall–Kier alpha value is -2.66. The Labute approximate surface area is 204 Å². The summed E-state index contributed by atoms with van der Waals surface area (Å²) in [6.45, 7) is 12.5. The van der Waals surface area contributed by atoms with Gasteiger partial charge in [-0.3, -0.25) is 9.78 Å². The topological polar surface area (TPSA) is 47.4 Å². The smallest absolute Gasteiger partial charge is 0.309 e. The molecule has 2 unspecified atom stereocenters. The van der Waals surface area contributed by atoms with E-state index in [1.54, 1.807) is 6.20 Å². The molecule has 0 aliphatic carbocycles. The summed E-state index contributed by atoms with van der Waals surface area (Å²) < 4.78 is 8.72. The van der Waals surface area contributed by atoms with Crippen molar-refractivity contribution in [1.29, 1.82) is 0 Å². The van der Waals surface area contributed by atoms with E-state index in [4.69, 9.17) is 4.74 Å². The van der Waals surface area contributed by atoms with Gasteiger partial charge in [0.15, 0.2) is 0 Å². The van der Waals surface area contributed by atoms with Crippen LogP contribution in [0.4, 0.5) is 0 Å². The maximum absolute atomic E-state index is 13.2. The Morgan fingerprint density at radius 2 is 2.00 bits per heavy atom. The van der Waals surface area contributed by atoms with Crippen molar-refractivity contribution < 1.29 is 9.53 Å². The minimum Gasteiger partial charge on any atom is -0.454 e. The third kappa shape index (κ3) is 4.76. The fourth-order valence-corrected chi connectivity index (χ4v) is 5.61. The average Bonchev–Trinajstić information content (AvgIpc) is 3.05. The lowest BCUT2D eigenvalue weighted by atomic mass is 9.87. The van der Waals surface area contributed by atoms with Crippen molar-refractivity contribution in [3.05, 3.63) is 64.6 Å². The van der Waals surface area contributed by atoms with Gasteiger partial charge in [0.05, 0.1) is 11.4 Å². The molecule has 0 N–H and O–H groups in total. The first-order chi connectivity index (χ1) is 16.1. The van der Waals surface area contributed by atoms with Crippen molar-refractivity contribution >= 4 is 16.9 Å². The van der Waals surface area contributed by atoms with Gasteiger partial charge in [-0.25, -0.2) is 0 Å². The molecule has 1 aliphatic rings. The maximum Gasteiger partial charge on any atom is 0.309 e. The normalized spacial score (nSPS) is 16.9. The van der Waals surface area contributed by atoms with Gasteiger partial charge in [-0.15, -0.1) is 0 Å². The predicted molar refractivity (Wildman–Crippen MR) is 138 cm³/mol. The number of nitrogens with zero attached hydrogens (tertiary/aromatic N) is 3. The molecule has 5 nitrogen and oxygen atoms in total. The van der Waals surface area contributed by atoms with E-state index in [0.717, 1.165) is 31.5 Å². The number of hydrogen-bond acceptors (Lipinski definition) is 4. The standard InChI is InChI=1S/C29H39N3O2/c1-19(2)13-21(4)28(33)34-29(5,23-9-8-11-30-17-23)16-22-14-20(3)15-24-25-18-31(6)12-10-26(25)32(7)27(22)24/h8-9,11,14-15,17,19,21H,10,12-13,16,18H2,1-7H3. The molecule has 3 aromatic rings. The number of fused-ring (bicyclic) bond motifs is 3. The SMILES string of the molecule is Cc1cc(CC(C)(OC(=O)C(C)CC(C)C)c2cccnc2)c2c(c1)c1c(n2C)CCN(C)C1. The van der Waals surface area contributed by atoms with Crippen molar-refractivity contribution in [2.24, 2.45) is 18.9 Å². The van der Waals surface area contributed by atoms with Crippen molar-refractivity contribution in [2.45, 2.75) is 66.0 Å². The molecule has 0 saturated carbocycles. The fourth-order valence-electron chi connectivity index (χ4n) is 5.61. The molecule has 1 aliphatic heterocycles. The van der Waals surface area contributed by atoms with E-state index < -0.39 is 5.60 Å². The second kappa shape index (κ2) is 9.53. The molecule has 182 valence electrons. The highest BCUT2D eigenvalue weighted by Crippen LogP contribution is 2.37. The van der Waals surface area contributed by atoms with Crippen LogP contribution in [0.3, 0.4) is 0 Å². The predicted octanol–water partition coefficient (Wildman–Crippen LogP) is 5.55. The van der Waals surface area contributed by atoms with E-state index in [2.05, 4.69) is 61.5 Å². The van der Waals surface area contributed by atoms with E-state index in [1.807, 2.05) is 32.2 Å². The number of pyridine rings is 1. The van der Waals surface area contributed by atoms with Crippen molar-refractivity contribution in [2.75, 3.05) is 13.6 Å². The van der Waals surface area contributed by atoms with Gasteiger partial charge in [0.25, 0.3) is 0 Å². The molecule has 0 bridgehead atoms. The molecule has 0 saturated heterocycles. The average molecular weight is 462 g/mol. The second-order valence-corrected chi connectivity index (χ2v) is 10.9. The highest BCUT2D eigenvalue weighted by Gasteiger charge is 2.35. The number of likely N-dealkylation sites (N-methyl/N-ethyl adjacent to an activating group) is 1. The van der Waals surface area contributed by atoms with Gasteiger partial charge < -0.3 is 14.2 Å². The molecule has 0 fully saturated rings. The number of aromatic nitrogens is 2. The highest BCUT2D eigenvalue weighted by atomic mass is 16.6. The Kier molecular flexibility index (Phi) is 6.86. The highest BCUT2D eigenvalue weighted by molar-refractivity contribution is 5.89. The number of ether oxygens (including phenoxy) is 1. The summed E-state index contributed by atoms with van der Waals surface area (Å²) in [5.41, 5.74) is 6.68. The van der Waals surface area contributed by atoms with Crippen LogP contribution in [0.2, 0.25) is 0 Å². The van der Waals surface area contributed by atoms with Crippen molar-refractivity contribution in [3.63, 3.8) is 0 Å². The quantitative estimate of drug-likeness (QED) is 0.433. The van der Waals surface area contributed by atoms with Crippen LogP contribution in [0.5, 0.6) is 0 Å². The lowest BCUT2D eigenvalue weighted by molar-refractivity contribution is -0.164. The van der Waals surface area contributed by atoms with Crippen LogP contribution in [-0.4, -0.2) is 34.0 Å². The monoisotopic (exact) mass is 461 g/mol. The molecule has 2 aromatic heterocycles. The molecule has 2 atom stereocenters. The summed E-state index contributed by atoms with van der Waals surface area (Å²) in [4.78, 5) is 19.9. The van der Waals surface area contributed by atoms with Gasteiger partial charge in [0, 0.05) is 62.0 Å². The number of esters is 1. The summed E-state index contributed by atoms with van der Waals surface area (Å²) in [7, 11) is 4.37. The van der Waals surface area contributed by atoms with Crippen LogP contribution in [0.15, 0.2) is 36.7 Å². The van der Waals surface area contributed by atoms with Gasteiger partial charge >= 0.3 is 5.97 Å². The lowest BCUT2D eigenvalue weighted by Gasteiger charge is -2.32. The Morgan fingerprint density at radius 1 is 1.24 bits per heavy atom. The van der Waals surface area contributed by atoms with Crippen LogP contribution in [0.1, 0.15) is 62.1 Å². The number of hydrogen-bond donors (Lipinski definition) is 0. The zero-order valence-electron chi connectivity index (χ0n) is 21.8. The molecule has 34 heavy (non-hydrogen) atoms. The van der Waals surface area contributed by atoms with Crippen molar-refractivity contribution in [1.82, 2.24) is 14.5 Å². The molecule has 0 radical (unpaired) electrons. The molecule has 4 rings (SSSR count). The van der Waals surface area contributed by atoms with Gasteiger partial charge in [-0.05, 0) is 56.5 Å². The number of rotatable bonds is 7. The van der Waals surface area contributed by atoms with E-state index >= 15 is 0 Å². The van der Waals surface area contributed by atoms with Crippen LogP contribution < -0.4 is 0 Å². The summed E-state index contributed by atoms with van der Waals surface area (Å²) in [6, 6.07) is 8.51. The van der Waals surface area contributed by atoms with Crippen LogP contribution in [0, 0.1) is 18.8 Å². The van der Waals surface area contributed by atoms with E-state index in [-0.39, 0.29) is 11.9 Å². The minimum atomic E-state index is -0.807. The van der Waals surface area contributed by atoms with Crippen molar-refractivity contribution in [3.8, 4) is 0 Å². The van der Waals surface area contributed by atoms with E-state index in [9.17, 15) is 4.79 Å². The molecular formula is C29H39N3O2. The third-order valence-corrected chi connectivity index (χ3v) is 7.26. The number of carbonyl (C=O) groups is 1. The first-order valence-corrected chi connectivity index (χ1v) is 12.5. The molecule has 1 aromatic carbocycles. The van der Waals surface area contributed by atoms with E-state index in [1.165, 1.54) is 33.3 Å². The summed E-state index contributed by atoms with van der Waals surface area (Å²) in [6.07, 6.45) is 6.06.